The molecule has 1 aromatic heterocycles. The minimum absolute atomic E-state index is 0.314. The number of aromatic nitrogens is 2. The van der Waals surface area contributed by atoms with Crippen molar-refractivity contribution in [1.82, 2.24) is 21.0 Å². The largest absolute Gasteiger partial charge is 0.298 e. The lowest BCUT2D eigenvalue weighted by atomic mass is 10.2. The van der Waals surface area contributed by atoms with Gasteiger partial charge >= 0.3 is 0 Å². The number of nitrogens with zero attached hydrogens (tertiary/aromatic N) is 1. The molecule has 0 fully saturated rings. The van der Waals surface area contributed by atoms with E-state index in [-0.39, 0.29) is 5.91 Å². The first kappa shape index (κ1) is 13.2. The predicted octanol–water partition coefficient (Wildman–Crippen LogP) is 2.28. The lowest BCUT2D eigenvalue weighted by Crippen LogP contribution is -2.36. The molecule has 5 nitrogen and oxygen atoms in total. The number of nitrogens with one attached hydrogen (secondary N) is 3. The van der Waals surface area contributed by atoms with Gasteiger partial charge in [0.15, 0.2) is 5.69 Å². The number of H-pyrrole nitrogens is 1. The van der Waals surface area contributed by atoms with E-state index in [0.29, 0.717) is 16.4 Å². The Balaban J connectivity index is 1.93. The highest BCUT2D eigenvalue weighted by Crippen LogP contribution is 2.13. The van der Waals surface area contributed by atoms with Crippen molar-refractivity contribution in [3.05, 3.63) is 58.9 Å². The van der Waals surface area contributed by atoms with E-state index in [0.717, 1.165) is 11.3 Å². The number of aryl methyl sites for hydroxylation is 1. The minimum atomic E-state index is -0.334. The van der Waals surface area contributed by atoms with Crippen LogP contribution in [0, 0.1) is 6.92 Å². The smallest absolute Gasteiger partial charge is 0.290 e. The summed E-state index contributed by atoms with van der Waals surface area (Å²) in [5, 5.41) is 7.20. The van der Waals surface area contributed by atoms with Gasteiger partial charge in [-0.3, -0.25) is 20.7 Å². The fourth-order valence-corrected chi connectivity index (χ4v) is 1.58. The zero-order valence-electron chi connectivity index (χ0n) is 10.3. The molecule has 0 aliphatic rings. The standard InChI is InChI=1S/C13H13ClN4O/c1-8-7-12(17-15-8)13(19)18-16-9(2)10-3-5-11(14)6-4-10/h3-7,16H,2H2,1H3,(H,15,17)(H,18,19). The number of hydrazine groups is 1. The van der Waals surface area contributed by atoms with Crippen molar-refractivity contribution < 1.29 is 4.79 Å². The van der Waals surface area contributed by atoms with Gasteiger partial charge in [-0.1, -0.05) is 30.3 Å². The summed E-state index contributed by atoms with van der Waals surface area (Å²) < 4.78 is 0. The van der Waals surface area contributed by atoms with Gasteiger partial charge in [0.05, 0.1) is 5.70 Å². The number of benzene rings is 1. The second-order valence-electron chi connectivity index (χ2n) is 4.00. The van der Waals surface area contributed by atoms with Crippen molar-refractivity contribution in [3.8, 4) is 0 Å². The first-order valence-corrected chi connectivity index (χ1v) is 5.97. The maximum atomic E-state index is 11.7. The molecule has 1 heterocycles. The number of carbonyl (C=O) groups excluding carboxylic acids is 1. The molecule has 19 heavy (non-hydrogen) atoms. The monoisotopic (exact) mass is 276 g/mol. The summed E-state index contributed by atoms with van der Waals surface area (Å²) in [5.74, 6) is -0.334. The number of carbonyl (C=O) groups is 1. The number of halogens is 1. The fraction of sp³-hybridized carbons (Fsp3) is 0.0769. The summed E-state index contributed by atoms with van der Waals surface area (Å²) in [5.41, 5.74) is 7.79. The molecule has 0 aliphatic heterocycles. The summed E-state index contributed by atoms with van der Waals surface area (Å²) in [7, 11) is 0. The molecule has 98 valence electrons. The third-order valence-electron chi connectivity index (χ3n) is 2.46. The fourth-order valence-electron chi connectivity index (χ4n) is 1.45. The van der Waals surface area contributed by atoms with Crippen LogP contribution in [-0.4, -0.2) is 16.1 Å². The van der Waals surface area contributed by atoms with E-state index in [4.69, 9.17) is 11.6 Å². The normalized spacial score (nSPS) is 10.0. The van der Waals surface area contributed by atoms with Crippen molar-refractivity contribution >= 4 is 23.2 Å². The van der Waals surface area contributed by atoms with Crippen LogP contribution in [0.15, 0.2) is 36.9 Å². The summed E-state index contributed by atoms with van der Waals surface area (Å²) in [6.45, 7) is 5.65. The van der Waals surface area contributed by atoms with E-state index in [2.05, 4.69) is 27.6 Å². The van der Waals surface area contributed by atoms with Crippen LogP contribution in [-0.2, 0) is 0 Å². The Morgan fingerprint density at radius 2 is 2.00 bits per heavy atom. The molecule has 0 unspecified atom stereocenters. The third kappa shape index (κ3) is 3.35. The highest BCUT2D eigenvalue weighted by molar-refractivity contribution is 6.30. The van der Waals surface area contributed by atoms with Crippen LogP contribution in [0.1, 0.15) is 21.7 Å². The van der Waals surface area contributed by atoms with E-state index in [1.165, 1.54) is 0 Å². The number of amides is 1. The second kappa shape index (κ2) is 5.58. The molecule has 3 N–H and O–H groups in total. The molecule has 0 bridgehead atoms. The Hall–Kier alpha value is -2.27. The van der Waals surface area contributed by atoms with Crippen LogP contribution in [0.3, 0.4) is 0 Å². The molecule has 2 aromatic rings. The summed E-state index contributed by atoms with van der Waals surface area (Å²) in [4.78, 5) is 11.7. The van der Waals surface area contributed by atoms with Crippen LogP contribution >= 0.6 is 11.6 Å². The van der Waals surface area contributed by atoms with Gasteiger partial charge in [-0.25, -0.2) is 0 Å². The van der Waals surface area contributed by atoms with Gasteiger partial charge in [-0.15, -0.1) is 0 Å². The van der Waals surface area contributed by atoms with Crippen molar-refractivity contribution in [1.29, 1.82) is 0 Å². The molecule has 2 rings (SSSR count). The van der Waals surface area contributed by atoms with E-state index in [1.54, 1.807) is 18.2 Å². The zero-order valence-corrected chi connectivity index (χ0v) is 11.1. The number of hydrogen-bond donors (Lipinski definition) is 3. The number of aromatic amines is 1. The average Bonchev–Trinajstić information content (AvgIpc) is 2.83. The van der Waals surface area contributed by atoms with Crippen LogP contribution < -0.4 is 10.9 Å². The highest BCUT2D eigenvalue weighted by Gasteiger charge is 2.08. The molecule has 0 spiro atoms. The maximum Gasteiger partial charge on any atom is 0.290 e. The van der Waals surface area contributed by atoms with Crippen molar-refractivity contribution in [3.63, 3.8) is 0 Å². The molecule has 1 amide bonds. The average molecular weight is 277 g/mol. The lowest BCUT2D eigenvalue weighted by Gasteiger charge is -2.10. The molecule has 0 radical (unpaired) electrons. The molecule has 6 heteroatoms. The Bertz CT molecular complexity index is 603. The van der Waals surface area contributed by atoms with Gasteiger partial charge in [0.1, 0.15) is 0 Å². The van der Waals surface area contributed by atoms with Gasteiger partial charge < -0.3 is 0 Å². The highest BCUT2D eigenvalue weighted by atomic mass is 35.5. The van der Waals surface area contributed by atoms with Gasteiger partial charge in [0.2, 0.25) is 0 Å². The van der Waals surface area contributed by atoms with E-state index in [1.807, 2.05) is 19.1 Å². The lowest BCUT2D eigenvalue weighted by molar-refractivity contribution is 0.0937. The Kier molecular flexibility index (Phi) is 3.87. The molecule has 0 atom stereocenters. The second-order valence-corrected chi connectivity index (χ2v) is 4.44. The van der Waals surface area contributed by atoms with E-state index >= 15 is 0 Å². The third-order valence-corrected chi connectivity index (χ3v) is 2.71. The molecule has 0 saturated heterocycles. The van der Waals surface area contributed by atoms with E-state index < -0.39 is 0 Å². The van der Waals surface area contributed by atoms with Gasteiger partial charge in [-0.05, 0) is 30.7 Å². The Labute approximate surface area is 115 Å². The molecular weight excluding hydrogens is 264 g/mol. The van der Waals surface area contributed by atoms with E-state index in [9.17, 15) is 4.79 Å². The van der Waals surface area contributed by atoms with Gasteiger partial charge in [0.25, 0.3) is 5.91 Å². The summed E-state index contributed by atoms with van der Waals surface area (Å²) in [6, 6.07) is 8.78. The quantitative estimate of drug-likeness (QED) is 0.751. The predicted molar refractivity (Wildman–Crippen MR) is 74.4 cm³/mol. The summed E-state index contributed by atoms with van der Waals surface area (Å²) in [6.07, 6.45) is 0. The van der Waals surface area contributed by atoms with Crippen LogP contribution in [0.5, 0.6) is 0 Å². The molecule has 1 aromatic carbocycles. The minimum Gasteiger partial charge on any atom is -0.298 e. The molecule has 0 aliphatic carbocycles. The number of hydrogen-bond acceptors (Lipinski definition) is 3. The Morgan fingerprint density at radius 3 is 2.58 bits per heavy atom. The van der Waals surface area contributed by atoms with Crippen LogP contribution in [0.25, 0.3) is 5.70 Å². The number of rotatable bonds is 4. The summed E-state index contributed by atoms with van der Waals surface area (Å²) >= 11 is 5.79. The maximum absolute atomic E-state index is 11.7. The van der Waals surface area contributed by atoms with Gasteiger partial charge in [-0.2, -0.15) is 5.10 Å². The topological polar surface area (TPSA) is 69.8 Å². The van der Waals surface area contributed by atoms with Gasteiger partial charge in [0, 0.05) is 10.7 Å². The van der Waals surface area contributed by atoms with Crippen LogP contribution in [0.2, 0.25) is 5.02 Å². The molecular formula is C13H13ClN4O. The van der Waals surface area contributed by atoms with Crippen molar-refractivity contribution in [2.75, 3.05) is 0 Å². The first-order valence-electron chi connectivity index (χ1n) is 5.59. The molecule has 0 saturated carbocycles. The Morgan fingerprint density at radius 1 is 1.32 bits per heavy atom. The SMILES string of the molecule is C=C(NNC(=O)c1cc(C)[nH]n1)c1ccc(Cl)cc1. The van der Waals surface area contributed by atoms with Crippen LogP contribution in [0.4, 0.5) is 0 Å². The first-order chi connectivity index (χ1) is 9.06. The van der Waals surface area contributed by atoms with Crippen molar-refractivity contribution in [2.24, 2.45) is 0 Å². The van der Waals surface area contributed by atoms with Crippen molar-refractivity contribution in [2.45, 2.75) is 6.92 Å². The zero-order chi connectivity index (χ0) is 13.8.